The van der Waals surface area contributed by atoms with Crippen molar-refractivity contribution >= 4 is 0 Å². The van der Waals surface area contributed by atoms with Crippen LogP contribution in [0.4, 0.5) is 4.39 Å². The lowest BCUT2D eigenvalue weighted by Gasteiger charge is -2.02. The Morgan fingerprint density at radius 3 is 3.08 bits per heavy atom. The Labute approximate surface area is 70.8 Å². The van der Waals surface area contributed by atoms with Crippen LogP contribution in [0.2, 0.25) is 0 Å². The average Bonchev–Trinajstić information content (AvgIpc) is 2.86. The van der Waals surface area contributed by atoms with Crippen molar-refractivity contribution in [3.8, 4) is 0 Å². The summed E-state index contributed by atoms with van der Waals surface area (Å²) in [6.07, 6.45) is 5.33. The number of aromatic nitrogens is 1. The molecule has 1 heterocycles. The maximum absolute atomic E-state index is 13.0. The molecule has 0 saturated heterocycles. The van der Waals surface area contributed by atoms with Crippen LogP contribution < -0.4 is 5.32 Å². The van der Waals surface area contributed by atoms with E-state index in [0.717, 1.165) is 0 Å². The minimum absolute atomic E-state index is 0.217. The lowest BCUT2D eigenvalue weighted by atomic mass is 10.2. The Kier molecular flexibility index (Phi) is 2.04. The van der Waals surface area contributed by atoms with E-state index in [1.165, 1.54) is 19.0 Å². The Balaban J connectivity index is 1.96. The summed E-state index contributed by atoms with van der Waals surface area (Å²) in [7, 11) is 0. The van der Waals surface area contributed by atoms with E-state index in [2.05, 4.69) is 10.3 Å². The molecule has 1 aromatic rings. The molecule has 2 nitrogen and oxygen atoms in total. The molecule has 0 aliphatic heterocycles. The Hall–Kier alpha value is -0.960. The quantitative estimate of drug-likeness (QED) is 0.735. The first-order valence-corrected chi connectivity index (χ1v) is 4.18. The third-order valence-corrected chi connectivity index (χ3v) is 2.01. The molecule has 2 rings (SSSR count). The molecule has 1 N–H and O–H groups in total. The molecule has 0 aromatic carbocycles. The summed E-state index contributed by atoms with van der Waals surface area (Å²) in [5.41, 5.74) is 0.705. The molecular formula is C9H11FN2. The summed E-state index contributed by atoms with van der Waals surface area (Å²) in [5, 5.41) is 3.25. The van der Waals surface area contributed by atoms with Crippen LogP contribution in [0.5, 0.6) is 0 Å². The number of halogens is 1. The minimum atomic E-state index is -0.217. The second-order valence-corrected chi connectivity index (χ2v) is 3.12. The molecule has 3 heteroatoms. The maximum Gasteiger partial charge on any atom is 0.145 e. The van der Waals surface area contributed by atoms with Gasteiger partial charge in [-0.3, -0.25) is 4.98 Å². The van der Waals surface area contributed by atoms with E-state index in [1.54, 1.807) is 12.3 Å². The van der Waals surface area contributed by atoms with E-state index in [-0.39, 0.29) is 5.82 Å². The van der Waals surface area contributed by atoms with Gasteiger partial charge in [-0.05, 0) is 18.9 Å². The molecule has 1 saturated carbocycles. The van der Waals surface area contributed by atoms with Gasteiger partial charge < -0.3 is 5.32 Å². The summed E-state index contributed by atoms with van der Waals surface area (Å²) in [6, 6.07) is 2.34. The van der Waals surface area contributed by atoms with E-state index in [0.29, 0.717) is 18.2 Å². The first kappa shape index (κ1) is 7.68. The fourth-order valence-corrected chi connectivity index (χ4v) is 1.09. The van der Waals surface area contributed by atoms with Gasteiger partial charge in [0, 0.05) is 24.3 Å². The highest BCUT2D eigenvalue weighted by Crippen LogP contribution is 2.19. The number of rotatable bonds is 3. The van der Waals surface area contributed by atoms with Crippen LogP contribution in [0, 0.1) is 5.82 Å². The van der Waals surface area contributed by atoms with E-state index in [1.807, 2.05) is 0 Å². The molecular weight excluding hydrogens is 155 g/mol. The normalized spacial score (nSPS) is 16.4. The van der Waals surface area contributed by atoms with Gasteiger partial charge in [-0.15, -0.1) is 0 Å². The van der Waals surface area contributed by atoms with Gasteiger partial charge in [-0.25, -0.2) is 4.39 Å². The molecule has 0 atom stereocenters. The largest absolute Gasteiger partial charge is 0.310 e. The smallest absolute Gasteiger partial charge is 0.145 e. The van der Waals surface area contributed by atoms with Crippen molar-refractivity contribution in [2.24, 2.45) is 0 Å². The third kappa shape index (κ3) is 1.80. The maximum atomic E-state index is 13.0. The van der Waals surface area contributed by atoms with Crippen molar-refractivity contribution in [2.45, 2.75) is 25.4 Å². The predicted molar refractivity (Wildman–Crippen MR) is 44.1 cm³/mol. The number of nitrogens with zero attached hydrogens (tertiary/aromatic N) is 1. The zero-order valence-corrected chi connectivity index (χ0v) is 6.76. The third-order valence-electron chi connectivity index (χ3n) is 2.01. The van der Waals surface area contributed by atoms with Gasteiger partial charge in [0.25, 0.3) is 0 Å². The van der Waals surface area contributed by atoms with E-state index >= 15 is 0 Å². The van der Waals surface area contributed by atoms with Crippen LogP contribution in [0.1, 0.15) is 18.4 Å². The van der Waals surface area contributed by atoms with E-state index < -0.39 is 0 Å². The van der Waals surface area contributed by atoms with E-state index in [9.17, 15) is 4.39 Å². The lowest BCUT2D eigenvalue weighted by molar-refractivity contribution is 0.581. The molecule has 0 radical (unpaired) electrons. The van der Waals surface area contributed by atoms with Gasteiger partial charge in [-0.2, -0.15) is 0 Å². The molecule has 0 bridgehead atoms. The van der Waals surface area contributed by atoms with Gasteiger partial charge in [0.2, 0.25) is 0 Å². The first-order chi connectivity index (χ1) is 5.86. The predicted octanol–water partition coefficient (Wildman–Crippen LogP) is 1.47. The summed E-state index contributed by atoms with van der Waals surface area (Å²) in [6.45, 7) is 0.624. The second-order valence-electron chi connectivity index (χ2n) is 3.12. The number of pyridine rings is 1. The van der Waals surface area contributed by atoms with Crippen molar-refractivity contribution in [3.05, 3.63) is 29.8 Å². The second kappa shape index (κ2) is 3.19. The van der Waals surface area contributed by atoms with Crippen LogP contribution in [0.15, 0.2) is 18.5 Å². The monoisotopic (exact) mass is 166 g/mol. The van der Waals surface area contributed by atoms with Crippen molar-refractivity contribution in [2.75, 3.05) is 0 Å². The van der Waals surface area contributed by atoms with Crippen LogP contribution in [0.3, 0.4) is 0 Å². The number of hydrogen-bond acceptors (Lipinski definition) is 2. The van der Waals surface area contributed by atoms with Gasteiger partial charge in [-0.1, -0.05) is 0 Å². The van der Waals surface area contributed by atoms with Crippen LogP contribution in [-0.2, 0) is 6.54 Å². The molecule has 0 amide bonds. The molecule has 0 unspecified atom stereocenters. The van der Waals surface area contributed by atoms with Crippen LogP contribution in [0.25, 0.3) is 0 Å². The molecule has 1 aromatic heterocycles. The van der Waals surface area contributed by atoms with Crippen LogP contribution in [-0.4, -0.2) is 11.0 Å². The standard InChI is InChI=1S/C9H11FN2/c10-9-6-11-4-3-7(9)5-12-8-1-2-8/h3-4,6,8,12H,1-2,5H2. The molecule has 1 aliphatic carbocycles. The summed E-state index contributed by atoms with van der Waals surface area (Å²) in [5.74, 6) is -0.217. The van der Waals surface area contributed by atoms with Crippen molar-refractivity contribution < 1.29 is 4.39 Å². The summed E-state index contributed by atoms with van der Waals surface area (Å²) >= 11 is 0. The topological polar surface area (TPSA) is 24.9 Å². The van der Waals surface area contributed by atoms with Gasteiger partial charge >= 0.3 is 0 Å². The Morgan fingerprint density at radius 1 is 1.58 bits per heavy atom. The first-order valence-electron chi connectivity index (χ1n) is 4.18. The zero-order chi connectivity index (χ0) is 8.39. The summed E-state index contributed by atoms with van der Waals surface area (Å²) in [4.78, 5) is 3.68. The fraction of sp³-hybridized carbons (Fsp3) is 0.444. The molecule has 1 fully saturated rings. The molecule has 12 heavy (non-hydrogen) atoms. The Morgan fingerprint density at radius 2 is 2.42 bits per heavy atom. The SMILES string of the molecule is Fc1cnccc1CNC1CC1. The highest BCUT2D eigenvalue weighted by molar-refractivity contribution is 5.12. The van der Waals surface area contributed by atoms with Crippen molar-refractivity contribution in [1.82, 2.24) is 10.3 Å². The highest BCUT2D eigenvalue weighted by atomic mass is 19.1. The molecule has 1 aliphatic rings. The minimum Gasteiger partial charge on any atom is -0.310 e. The summed E-state index contributed by atoms with van der Waals surface area (Å²) < 4.78 is 13.0. The van der Waals surface area contributed by atoms with Crippen LogP contribution >= 0.6 is 0 Å². The lowest BCUT2D eigenvalue weighted by Crippen LogP contribution is -2.16. The molecule has 0 spiro atoms. The van der Waals surface area contributed by atoms with Gasteiger partial charge in [0.1, 0.15) is 5.82 Å². The van der Waals surface area contributed by atoms with Crippen molar-refractivity contribution in [3.63, 3.8) is 0 Å². The highest BCUT2D eigenvalue weighted by Gasteiger charge is 2.20. The molecule has 64 valence electrons. The average molecular weight is 166 g/mol. The zero-order valence-electron chi connectivity index (χ0n) is 6.76. The van der Waals surface area contributed by atoms with Gasteiger partial charge in [0.15, 0.2) is 0 Å². The fourth-order valence-electron chi connectivity index (χ4n) is 1.09. The van der Waals surface area contributed by atoms with E-state index in [4.69, 9.17) is 0 Å². The Bertz CT molecular complexity index is 271. The van der Waals surface area contributed by atoms with Gasteiger partial charge in [0.05, 0.1) is 6.20 Å². The number of nitrogens with one attached hydrogen (secondary N) is 1. The van der Waals surface area contributed by atoms with Crippen molar-refractivity contribution in [1.29, 1.82) is 0 Å². The number of hydrogen-bond donors (Lipinski definition) is 1.